The van der Waals surface area contributed by atoms with E-state index in [0.717, 1.165) is 28.0 Å². The van der Waals surface area contributed by atoms with E-state index in [1.54, 1.807) is 18.2 Å². The fourth-order valence-corrected chi connectivity index (χ4v) is 2.69. The molecule has 112 valence electrons. The third-order valence-electron chi connectivity index (χ3n) is 3.68. The minimum atomic E-state index is -0.527. The number of nitrogens with zero attached hydrogens (tertiary/aromatic N) is 5. The molecule has 0 aliphatic carbocycles. The van der Waals surface area contributed by atoms with Gasteiger partial charge in [-0.15, -0.1) is 0 Å². The highest BCUT2D eigenvalue weighted by atomic mass is 16.2. The van der Waals surface area contributed by atoms with Crippen LogP contribution in [-0.4, -0.2) is 21.5 Å². The lowest BCUT2D eigenvalue weighted by Gasteiger charge is -2.15. The highest BCUT2D eigenvalue weighted by Gasteiger charge is 2.39. The third-order valence-corrected chi connectivity index (χ3v) is 3.68. The van der Waals surface area contributed by atoms with Gasteiger partial charge in [-0.3, -0.25) is 9.59 Å². The number of nitriles is 2. The van der Waals surface area contributed by atoms with Crippen molar-refractivity contribution in [3.8, 4) is 12.1 Å². The summed E-state index contributed by atoms with van der Waals surface area (Å²) in [5.74, 6) is -1.03. The van der Waals surface area contributed by atoms with Crippen LogP contribution in [0.25, 0.3) is 0 Å². The Labute approximate surface area is 132 Å². The molecule has 0 spiro atoms. The molecule has 7 nitrogen and oxygen atoms in total. The second-order valence-corrected chi connectivity index (χ2v) is 5.02. The zero-order chi connectivity index (χ0) is 16.6. The molecule has 0 atom stereocenters. The Morgan fingerprint density at radius 3 is 2.61 bits per heavy atom. The van der Waals surface area contributed by atoms with Gasteiger partial charge in [0.25, 0.3) is 11.8 Å². The lowest BCUT2D eigenvalue weighted by molar-refractivity contribution is 0.0885. The molecule has 0 saturated heterocycles. The monoisotopic (exact) mass is 305 g/mol. The van der Waals surface area contributed by atoms with Gasteiger partial charge in [0.2, 0.25) is 0 Å². The normalized spacial score (nSPS) is 12.9. The fourth-order valence-electron chi connectivity index (χ4n) is 2.69. The van der Waals surface area contributed by atoms with Crippen LogP contribution in [0.2, 0.25) is 0 Å². The molecule has 0 N–H and O–H groups in total. The van der Waals surface area contributed by atoms with Crippen LogP contribution in [0.4, 0.5) is 0 Å². The fraction of sp³-hybridized carbons (Fsp3) is 0.188. The molecule has 1 aliphatic heterocycles. The van der Waals surface area contributed by atoms with Crippen molar-refractivity contribution in [2.45, 2.75) is 19.8 Å². The Hall–Kier alpha value is -3.45. The summed E-state index contributed by atoms with van der Waals surface area (Å²) in [7, 11) is 0. The number of hydrogen-bond acceptors (Lipinski definition) is 5. The van der Waals surface area contributed by atoms with Crippen LogP contribution in [0.3, 0.4) is 0 Å². The van der Waals surface area contributed by atoms with E-state index in [-0.39, 0.29) is 11.4 Å². The second-order valence-electron chi connectivity index (χ2n) is 5.02. The topological polar surface area (TPSA) is 103 Å². The van der Waals surface area contributed by atoms with Crippen molar-refractivity contribution in [3.63, 3.8) is 0 Å². The van der Waals surface area contributed by atoms with E-state index < -0.39 is 11.8 Å². The zero-order valence-corrected chi connectivity index (χ0v) is 12.3. The summed E-state index contributed by atoms with van der Waals surface area (Å²) in [6.45, 7) is 1.99. The average Bonchev–Trinajstić information content (AvgIpc) is 3.07. The van der Waals surface area contributed by atoms with Gasteiger partial charge in [-0.25, -0.2) is 9.66 Å². The summed E-state index contributed by atoms with van der Waals surface area (Å²) in [6, 6.07) is 8.72. The highest BCUT2D eigenvalue weighted by molar-refractivity contribution is 6.31. The van der Waals surface area contributed by atoms with E-state index >= 15 is 0 Å². The number of imide groups is 1. The first-order valence-electron chi connectivity index (χ1n) is 7.02. The number of benzene rings is 1. The highest BCUT2D eigenvalue weighted by Crippen LogP contribution is 2.27. The molecular formula is C16H11N5O2. The van der Waals surface area contributed by atoms with Crippen molar-refractivity contribution in [2.75, 3.05) is 5.01 Å². The number of fused-ring (bicyclic) bond motifs is 1. The van der Waals surface area contributed by atoms with Gasteiger partial charge in [-0.1, -0.05) is 25.5 Å². The first-order chi connectivity index (χ1) is 11.1. The molecule has 7 heteroatoms. The number of rotatable bonds is 3. The van der Waals surface area contributed by atoms with Gasteiger partial charge in [-0.05, 0) is 18.1 Å². The van der Waals surface area contributed by atoms with E-state index in [1.165, 1.54) is 0 Å². The number of amides is 2. The molecule has 0 saturated carbocycles. The van der Waals surface area contributed by atoms with Gasteiger partial charge in [-0.2, -0.15) is 15.5 Å². The van der Waals surface area contributed by atoms with Crippen molar-refractivity contribution < 1.29 is 9.59 Å². The van der Waals surface area contributed by atoms with Gasteiger partial charge in [0.1, 0.15) is 18.5 Å². The Balaban J connectivity index is 2.16. The number of carbonyl (C=O) groups is 2. The molecule has 3 rings (SSSR count). The van der Waals surface area contributed by atoms with Crippen molar-refractivity contribution in [2.24, 2.45) is 0 Å². The van der Waals surface area contributed by atoms with Crippen molar-refractivity contribution in [1.29, 1.82) is 10.5 Å². The first kappa shape index (κ1) is 14.5. The van der Waals surface area contributed by atoms with E-state index in [0.29, 0.717) is 17.5 Å². The van der Waals surface area contributed by atoms with E-state index in [4.69, 9.17) is 5.26 Å². The van der Waals surface area contributed by atoms with E-state index in [2.05, 4.69) is 4.98 Å². The van der Waals surface area contributed by atoms with Crippen molar-refractivity contribution >= 4 is 11.8 Å². The predicted octanol–water partition coefficient (Wildman–Crippen LogP) is 1.51. The minimum Gasteiger partial charge on any atom is -0.267 e. The molecule has 1 aromatic carbocycles. The quantitative estimate of drug-likeness (QED) is 0.800. The smallest absolute Gasteiger partial charge is 0.267 e. The molecule has 23 heavy (non-hydrogen) atoms. The van der Waals surface area contributed by atoms with Crippen LogP contribution in [-0.2, 0) is 6.42 Å². The maximum atomic E-state index is 12.7. The number of imidazole rings is 1. The number of aromatic nitrogens is 2. The predicted molar refractivity (Wildman–Crippen MR) is 79.0 cm³/mol. The van der Waals surface area contributed by atoms with Crippen LogP contribution in [0.15, 0.2) is 24.5 Å². The largest absolute Gasteiger partial charge is 0.281 e. The van der Waals surface area contributed by atoms with Crippen molar-refractivity contribution in [1.82, 2.24) is 9.66 Å². The van der Waals surface area contributed by atoms with Crippen LogP contribution in [0.5, 0.6) is 0 Å². The molecule has 1 aromatic heterocycles. The number of aryl methyl sites for hydroxylation is 1. The SMILES string of the molecule is CCCc1cccc2c1C(=O)N(n1cnc(C#N)c1C#N)C2=O. The van der Waals surface area contributed by atoms with Crippen LogP contribution in [0.1, 0.15) is 51.0 Å². The van der Waals surface area contributed by atoms with Gasteiger partial charge in [0.15, 0.2) is 11.4 Å². The average molecular weight is 305 g/mol. The Morgan fingerprint density at radius 2 is 1.96 bits per heavy atom. The maximum Gasteiger partial charge on any atom is 0.281 e. The molecule has 0 bridgehead atoms. The Kier molecular flexibility index (Phi) is 3.40. The first-order valence-corrected chi connectivity index (χ1v) is 7.02. The van der Waals surface area contributed by atoms with Gasteiger partial charge < -0.3 is 0 Å². The van der Waals surface area contributed by atoms with E-state index in [9.17, 15) is 14.9 Å². The molecule has 2 aromatic rings. The molecule has 0 unspecified atom stereocenters. The number of hydrogen-bond donors (Lipinski definition) is 0. The lowest BCUT2D eigenvalue weighted by atomic mass is 9.99. The maximum absolute atomic E-state index is 12.7. The summed E-state index contributed by atoms with van der Waals surface area (Å²) in [5.41, 5.74) is 1.19. The molecule has 1 aliphatic rings. The lowest BCUT2D eigenvalue weighted by Crippen LogP contribution is -2.40. The molecular weight excluding hydrogens is 294 g/mol. The van der Waals surface area contributed by atoms with E-state index in [1.807, 2.05) is 19.1 Å². The Bertz CT molecular complexity index is 914. The Morgan fingerprint density at radius 1 is 1.17 bits per heavy atom. The second kappa shape index (κ2) is 5.39. The summed E-state index contributed by atoms with van der Waals surface area (Å²) in [4.78, 5) is 29.1. The summed E-state index contributed by atoms with van der Waals surface area (Å²) in [6.07, 6.45) is 2.65. The summed E-state index contributed by atoms with van der Waals surface area (Å²) < 4.78 is 1.04. The molecule has 0 radical (unpaired) electrons. The summed E-state index contributed by atoms with van der Waals surface area (Å²) >= 11 is 0. The summed E-state index contributed by atoms with van der Waals surface area (Å²) in [5, 5.41) is 19.0. The van der Waals surface area contributed by atoms with Gasteiger partial charge >= 0.3 is 0 Å². The molecule has 2 heterocycles. The minimum absolute atomic E-state index is 0.127. The third kappa shape index (κ3) is 1.99. The van der Waals surface area contributed by atoms with Gasteiger partial charge in [0.05, 0.1) is 11.1 Å². The number of carbonyl (C=O) groups excluding carboxylic acids is 2. The standard InChI is InChI=1S/C16H11N5O2/c1-2-4-10-5-3-6-11-14(10)16(23)21(15(11)22)20-9-19-12(7-17)13(20)8-18/h3,5-6,9H,2,4H2,1H3. The molecule has 2 amide bonds. The van der Waals surface area contributed by atoms with Crippen LogP contribution < -0.4 is 5.01 Å². The van der Waals surface area contributed by atoms with Crippen molar-refractivity contribution in [3.05, 3.63) is 52.6 Å². The van der Waals surface area contributed by atoms with Gasteiger partial charge in [0, 0.05) is 0 Å². The van der Waals surface area contributed by atoms with Crippen LogP contribution >= 0.6 is 0 Å². The van der Waals surface area contributed by atoms with Crippen LogP contribution in [0, 0.1) is 22.7 Å². The zero-order valence-electron chi connectivity index (χ0n) is 12.3. The molecule has 0 fully saturated rings.